The van der Waals surface area contributed by atoms with Crippen LogP contribution in [-0.4, -0.2) is 15.0 Å². The Labute approximate surface area is 82.2 Å². The molecule has 0 unspecified atom stereocenters. The van der Waals surface area contributed by atoms with Crippen LogP contribution in [-0.2, 0) is 10.0 Å². The summed E-state index contributed by atoms with van der Waals surface area (Å²) in [7, 11) is -3.27. The molecular formula is C8H11NO2S2. The molecule has 72 valence electrons. The Morgan fingerprint density at radius 1 is 1.62 bits per heavy atom. The molecular weight excluding hydrogens is 206 g/mol. The first-order valence-electron chi connectivity index (χ1n) is 3.81. The maximum atomic E-state index is 11.4. The molecule has 0 saturated heterocycles. The number of hydrogen-bond donors (Lipinski definition) is 1. The molecule has 0 atom stereocenters. The van der Waals surface area contributed by atoms with Gasteiger partial charge in [-0.15, -0.1) is 17.9 Å². The van der Waals surface area contributed by atoms with E-state index in [0.29, 0.717) is 17.2 Å². The molecule has 0 aliphatic carbocycles. The van der Waals surface area contributed by atoms with Crippen LogP contribution in [0.4, 0.5) is 0 Å². The van der Waals surface area contributed by atoms with Crippen molar-refractivity contribution in [3.8, 4) is 0 Å². The lowest BCUT2D eigenvalue weighted by molar-refractivity contribution is 0.584. The summed E-state index contributed by atoms with van der Waals surface area (Å²) < 4.78 is 25.7. The highest BCUT2D eigenvalue weighted by molar-refractivity contribution is 7.91. The van der Waals surface area contributed by atoms with E-state index in [1.165, 1.54) is 11.3 Å². The van der Waals surface area contributed by atoms with Crippen LogP contribution in [0.15, 0.2) is 34.4 Å². The molecule has 1 aromatic rings. The van der Waals surface area contributed by atoms with Gasteiger partial charge in [0.2, 0.25) is 10.0 Å². The maximum absolute atomic E-state index is 11.4. The fourth-order valence-corrected chi connectivity index (χ4v) is 2.87. The van der Waals surface area contributed by atoms with Gasteiger partial charge in [0.1, 0.15) is 4.21 Å². The second kappa shape index (κ2) is 4.55. The van der Waals surface area contributed by atoms with Crippen molar-refractivity contribution in [1.82, 2.24) is 4.72 Å². The second-order valence-corrected chi connectivity index (χ2v) is 5.35. The first-order chi connectivity index (χ1) is 6.17. The van der Waals surface area contributed by atoms with Gasteiger partial charge in [0.05, 0.1) is 0 Å². The second-order valence-electron chi connectivity index (χ2n) is 2.41. The fourth-order valence-electron chi connectivity index (χ4n) is 0.783. The minimum Gasteiger partial charge on any atom is -0.210 e. The van der Waals surface area contributed by atoms with E-state index in [-0.39, 0.29) is 0 Å². The van der Waals surface area contributed by atoms with Gasteiger partial charge in [0.15, 0.2) is 0 Å². The van der Waals surface area contributed by atoms with Crippen molar-refractivity contribution in [3.05, 3.63) is 30.2 Å². The quantitative estimate of drug-likeness (QED) is 0.601. The highest BCUT2D eigenvalue weighted by Crippen LogP contribution is 2.14. The third-order valence-corrected chi connectivity index (χ3v) is 4.26. The topological polar surface area (TPSA) is 46.2 Å². The molecule has 1 N–H and O–H groups in total. The van der Waals surface area contributed by atoms with E-state index in [2.05, 4.69) is 11.3 Å². The lowest BCUT2D eigenvalue weighted by Gasteiger charge is -2.01. The van der Waals surface area contributed by atoms with E-state index < -0.39 is 10.0 Å². The third-order valence-electron chi connectivity index (χ3n) is 1.40. The average Bonchev–Trinajstić information content (AvgIpc) is 2.56. The number of rotatable bonds is 5. The van der Waals surface area contributed by atoms with Crippen LogP contribution in [0.1, 0.15) is 6.42 Å². The summed E-state index contributed by atoms with van der Waals surface area (Å²) in [6, 6.07) is 3.30. The summed E-state index contributed by atoms with van der Waals surface area (Å²) in [5.74, 6) is 0. The molecule has 0 aliphatic heterocycles. The standard InChI is InChI=1S/C8H11NO2S2/c1-2-3-6-9-13(10,11)8-5-4-7-12-8/h2,4-5,7,9H,1,3,6H2. The predicted molar refractivity (Wildman–Crippen MR) is 54.3 cm³/mol. The van der Waals surface area contributed by atoms with Crippen molar-refractivity contribution in [2.45, 2.75) is 10.6 Å². The highest BCUT2D eigenvalue weighted by Gasteiger charge is 2.12. The van der Waals surface area contributed by atoms with Gasteiger partial charge in [-0.05, 0) is 17.9 Å². The Morgan fingerprint density at radius 3 is 2.92 bits per heavy atom. The van der Waals surface area contributed by atoms with Gasteiger partial charge in [-0.3, -0.25) is 0 Å². The SMILES string of the molecule is C=CCCNS(=O)(=O)c1cccs1. The van der Waals surface area contributed by atoms with Gasteiger partial charge in [0, 0.05) is 6.54 Å². The third kappa shape index (κ3) is 2.95. The molecule has 0 aromatic carbocycles. The molecule has 0 fully saturated rings. The number of thiophene rings is 1. The van der Waals surface area contributed by atoms with Gasteiger partial charge >= 0.3 is 0 Å². The monoisotopic (exact) mass is 217 g/mol. The fraction of sp³-hybridized carbons (Fsp3) is 0.250. The predicted octanol–water partition coefficient (Wildman–Crippen LogP) is 1.60. The van der Waals surface area contributed by atoms with Crippen LogP contribution in [0.25, 0.3) is 0 Å². The molecule has 0 spiro atoms. The zero-order chi connectivity index (χ0) is 9.73. The van der Waals surface area contributed by atoms with Crippen molar-refractivity contribution < 1.29 is 8.42 Å². The molecule has 13 heavy (non-hydrogen) atoms. The van der Waals surface area contributed by atoms with Crippen molar-refractivity contribution in [2.75, 3.05) is 6.54 Å². The van der Waals surface area contributed by atoms with E-state index in [4.69, 9.17) is 0 Å². The summed E-state index contributed by atoms with van der Waals surface area (Å²) in [6.07, 6.45) is 2.32. The van der Waals surface area contributed by atoms with Crippen LogP contribution in [0.5, 0.6) is 0 Å². The number of hydrogen-bond acceptors (Lipinski definition) is 3. The minimum absolute atomic E-state index is 0.358. The molecule has 3 nitrogen and oxygen atoms in total. The average molecular weight is 217 g/mol. The zero-order valence-electron chi connectivity index (χ0n) is 7.06. The number of nitrogens with one attached hydrogen (secondary N) is 1. The Bertz CT molecular complexity index is 354. The highest BCUT2D eigenvalue weighted by atomic mass is 32.2. The smallest absolute Gasteiger partial charge is 0.210 e. The van der Waals surface area contributed by atoms with Gasteiger partial charge in [-0.25, -0.2) is 13.1 Å². The first-order valence-corrected chi connectivity index (χ1v) is 6.17. The molecule has 0 radical (unpaired) electrons. The van der Waals surface area contributed by atoms with Crippen LogP contribution in [0.3, 0.4) is 0 Å². The molecule has 0 amide bonds. The van der Waals surface area contributed by atoms with Crippen LogP contribution in [0.2, 0.25) is 0 Å². The molecule has 0 saturated carbocycles. The summed E-state index contributed by atoms with van der Waals surface area (Å²) in [5, 5.41) is 1.74. The van der Waals surface area contributed by atoms with E-state index in [1.54, 1.807) is 23.6 Å². The molecule has 5 heteroatoms. The maximum Gasteiger partial charge on any atom is 0.250 e. The van der Waals surface area contributed by atoms with Gasteiger partial charge in [-0.2, -0.15) is 0 Å². The number of sulfonamides is 1. The summed E-state index contributed by atoms with van der Waals surface area (Å²) in [5.41, 5.74) is 0. The van der Waals surface area contributed by atoms with Crippen molar-refractivity contribution in [3.63, 3.8) is 0 Å². The minimum atomic E-state index is -3.27. The Hall–Kier alpha value is -0.650. The summed E-state index contributed by atoms with van der Waals surface area (Å²) in [6.45, 7) is 3.92. The lowest BCUT2D eigenvalue weighted by atomic mass is 10.4. The van der Waals surface area contributed by atoms with E-state index in [1.807, 2.05) is 0 Å². The van der Waals surface area contributed by atoms with Crippen LogP contribution < -0.4 is 4.72 Å². The van der Waals surface area contributed by atoms with Gasteiger partial charge < -0.3 is 0 Å². The molecule has 0 bridgehead atoms. The van der Waals surface area contributed by atoms with E-state index in [0.717, 1.165) is 0 Å². The van der Waals surface area contributed by atoms with Gasteiger partial charge in [-0.1, -0.05) is 12.1 Å². The van der Waals surface area contributed by atoms with Crippen molar-refractivity contribution in [2.24, 2.45) is 0 Å². The van der Waals surface area contributed by atoms with Crippen molar-refractivity contribution in [1.29, 1.82) is 0 Å². The van der Waals surface area contributed by atoms with E-state index >= 15 is 0 Å². The Balaban J connectivity index is 2.62. The zero-order valence-corrected chi connectivity index (χ0v) is 8.70. The molecule has 1 aromatic heterocycles. The van der Waals surface area contributed by atoms with Crippen LogP contribution >= 0.6 is 11.3 Å². The van der Waals surface area contributed by atoms with Crippen LogP contribution in [0, 0.1) is 0 Å². The first kappa shape index (κ1) is 10.4. The Morgan fingerprint density at radius 2 is 2.38 bits per heavy atom. The van der Waals surface area contributed by atoms with Crippen molar-refractivity contribution >= 4 is 21.4 Å². The molecule has 1 rings (SSSR count). The normalized spacial score (nSPS) is 11.4. The van der Waals surface area contributed by atoms with Gasteiger partial charge in [0.25, 0.3) is 0 Å². The molecule has 1 heterocycles. The lowest BCUT2D eigenvalue weighted by Crippen LogP contribution is -2.23. The molecule has 0 aliphatic rings. The largest absolute Gasteiger partial charge is 0.250 e. The van der Waals surface area contributed by atoms with E-state index in [9.17, 15) is 8.42 Å². The summed E-state index contributed by atoms with van der Waals surface area (Å²) in [4.78, 5) is 0. The Kier molecular flexibility index (Phi) is 3.65. The summed E-state index contributed by atoms with van der Waals surface area (Å²) >= 11 is 1.21.